The van der Waals surface area contributed by atoms with Crippen molar-refractivity contribution in [3.05, 3.63) is 71.3 Å². The van der Waals surface area contributed by atoms with Gasteiger partial charge in [0.15, 0.2) is 0 Å². The SMILES string of the molecule is CCCC1CCC(c2ccc3c(F)c(-c4ccc(C#N)c(F)c4)ccc3c2)CC1. The van der Waals surface area contributed by atoms with Gasteiger partial charge in [-0.2, -0.15) is 5.26 Å². The van der Waals surface area contributed by atoms with Crippen molar-refractivity contribution in [3.8, 4) is 17.2 Å². The molecule has 0 atom stereocenters. The second kappa shape index (κ2) is 8.33. The van der Waals surface area contributed by atoms with E-state index < -0.39 is 5.82 Å². The molecule has 0 radical (unpaired) electrons. The summed E-state index contributed by atoms with van der Waals surface area (Å²) in [4.78, 5) is 0. The Hall–Kier alpha value is -2.73. The first-order valence-corrected chi connectivity index (χ1v) is 10.5. The maximum atomic E-state index is 15.2. The molecule has 0 heterocycles. The summed E-state index contributed by atoms with van der Waals surface area (Å²) >= 11 is 0. The molecule has 0 bridgehead atoms. The van der Waals surface area contributed by atoms with Gasteiger partial charge >= 0.3 is 0 Å². The van der Waals surface area contributed by atoms with Crippen LogP contribution in [0.3, 0.4) is 0 Å². The molecule has 1 aliphatic carbocycles. The number of hydrogen-bond acceptors (Lipinski definition) is 1. The Balaban J connectivity index is 1.62. The van der Waals surface area contributed by atoms with Crippen LogP contribution < -0.4 is 0 Å². The van der Waals surface area contributed by atoms with Crippen molar-refractivity contribution < 1.29 is 8.78 Å². The highest BCUT2D eigenvalue weighted by Gasteiger charge is 2.22. The Kier molecular flexibility index (Phi) is 5.62. The maximum absolute atomic E-state index is 15.2. The molecule has 0 N–H and O–H groups in total. The molecule has 148 valence electrons. The first-order valence-electron chi connectivity index (χ1n) is 10.5. The molecule has 0 unspecified atom stereocenters. The molecular formula is C26H25F2N. The molecule has 3 heteroatoms. The second-order valence-corrected chi connectivity index (χ2v) is 8.22. The Bertz CT molecular complexity index is 1070. The largest absolute Gasteiger partial charge is 0.206 e. The third kappa shape index (κ3) is 3.90. The van der Waals surface area contributed by atoms with Gasteiger partial charge in [-0.15, -0.1) is 0 Å². The van der Waals surface area contributed by atoms with Crippen LogP contribution in [0.25, 0.3) is 21.9 Å². The molecule has 0 aliphatic heterocycles. The fourth-order valence-electron chi connectivity index (χ4n) is 4.75. The first kappa shape index (κ1) is 19.6. The zero-order valence-electron chi connectivity index (χ0n) is 16.7. The molecule has 1 saturated carbocycles. The normalized spacial score (nSPS) is 19.2. The predicted molar refractivity (Wildman–Crippen MR) is 114 cm³/mol. The van der Waals surface area contributed by atoms with Crippen molar-refractivity contribution in [2.75, 3.05) is 0 Å². The van der Waals surface area contributed by atoms with Gasteiger partial charge in [0.05, 0.1) is 5.56 Å². The highest BCUT2D eigenvalue weighted by molar-refractivity contribution is 5.89. The summed E-state index contributed by atoms with van der Waals surface area (Å²) in [5.41, 5.74) is 2.06. The molecule has 29 heavy (non-hydrogen) atoms. The number of halogens is 2. The van der Waals surface area contributed by atoms with Crippen molar-refractivity contribution in [2.24, 2.45) is 5.92 Å². The van der Waals surface area contributed by atoms with Crippen LogP contribution in [0.2, 0.25) is 0 Å². The molecule has 1 nitrogen and oxygen atoms in total. The van der Waals surface area contributed by atoms with Gasteiger partial charge in [0.25, 0.3) is 0 Å². The van der Waals surface area contributed by atoms with Crippen LogP contribution >= 0.6 is 0 Å². The minimum atomic E-state index is -0.626. The van der Waals surface area contributed by atoms with E-state index in [1.54, 1.807) is 18.2 Å². The van der Waals surface area contributed by atoms with Crippen LogP contribution in [0.4, 0.5) is 8.78 Å². The average Bonchev–Trinajstić information content (AvgIpc) is 2.74. The van der Waals surface area contributed by atoms with Crippen LogP contribution in [-0.2, 0) is 0 Å². The van der Waals surface area contributed by atoms with Gasteiger partial charge < -0.3 is 0 Å². The van der Waals surface area contributed by atoms with Crippen molar-refractivity contribution in [1.29, 1.82) is 5.26 Å². The number of nitriles is 1. The monoisotopic (exact) mass is 389 g/mol. The highest BCUT2D eigenvalue weighted by atomic mass is 19.1. The van der Waals surface area contributed by atoms with Crippen molar-refractivity contribution in [3.63, 3.8) is 0 Å². The Morgan fingerprint density at radius 3 is 2.45 bits per heavy atom. The topological polar surface area (TPSA) is 23.8 Å². The molecule has 3 aromatic rings. The molecule has 0 saturated heterocycles. The smallest absolute Gasteiger partial charge is 0.141 e. The highest BCUT2D eigenvalue weighted by Crippen LogP contribution is 2.39. The summed E-state index contributed by atoms with van der Waals surface area (Å²) in [7, 11) is 0. The summed E-state index contributed by atoms with van der Waals surface area (Å²) in [5.74, 6) is 0.454. The molecular weight excluding hydrogens is 364 g/mol. The van der Waals surface area contributed by atoms with Gasteiger partial charge in [-0.3, -0.25) is 0 Å². The number of fused-ring (bicyclic) bond motifs is 1. The van der Waals surface area contributed by atoms with Gasteiger partial charge in [0, 0.05) is 10.9 Å². The first-order chi connectivity index (χ1) is 14.1. The zero-order valence-corrected chi connectivity index (χ0v) is 16.7. The standard InChI is InChI=1S/C26H25F2N/c1-2-3-17-4-6-18(7-5-17)19-10-12-23-20(14-19)11-13-24(26(23)28)21-8-9-22(16-29)25(27)15-21/h8-15,17-18H,2-7H2,1H3. The van der Waals surface area contributed by atoms with E-state index in [0.29, 0.717) is 22.4 Å². The molecule has 0 amide bonds. The minimum absolute atomic E-state index is 0.0340. The third-order valence-electron chi connectivity index (χ3n) is 6.39. The molecule has 0 aromatic heterocycles. The Morgan fingerprint density at radius 1 is 0.966 bits per heavy atom. The Morgan fingerprint density at radius 2 is 1.76 bits per heavy atom. The number of rotatable bonds is 4. The minimum Gasteiger partial charge on any atom is -0.206 e. The number of nitrogens with zero attached hydrogens (tertiary/aromatic N) is 1. The lowest BCUT2D eigenvalue weighted by Crippen LogP contribution is -2.13. The number of benzene rings is 3. The van der Waals surface area contributed by atoms with Gasteiger partial charge in [0.1, 0.15) is 17.7 Å². The average molecular weight is 389 g/mol. The summed E-state index contributed by atoms with van der Waals surface area (Å²) in [5, 5.41) is 10.3. The third-order valence-corrected chi connectivity index (χ3v) is 6.39. The van der Waals surface area contributed by atoms with E-state index in [1.807, 2.05) is 12.1 Å². The summed E-state index contributed by atoms with van der Waals surface area (Å²) < 4.78 is 29.2. The van der Waals surface area contributed by atoms with Crippen molar-refractivity contribution >= 4 is 10.8 Å². The Labute approximate surface area is 171 Å². The van der Waals surface area contributed by atoms with Crippen LogP contribution in [0.1, 0.15) is 62.5 Å². The summed E-state index contributed by atoms with van der Waals surface area (Å²) in [6, 6.07) is 15.7. The van der Waals surface area contributed by atoms with E-state index in [9.17, 15) is 4.39 Å². The van der Waals surface area contributed by atoms with Crippen LogP contribution in [0, 0.1) is 28.9 Å². The maximum Gasteiger partial charge on any atom is 0.141 e. The predicted octanol–water partition coefficient (Wildman–Crippen LogP) is 7.73. The van der Waals surface area contributed by atoms with E-state index >= 15 is 4.39 Å². The lowest BCUT2D eigenvalue weighted by atomic mass is 9.77. The van der Waals surface area contributed by atoms with Gasteiger partial charge in [-0.25, -0.2) is 8.78 Å². The molecule has 3 aromatic carbocycles. The fraction of sp³-hybridized carbons (Fsp3) is 0.346. The van der Waals surface area contributed by atoms with Gasteiger partial charge in [-0.05, 0) is 66.2 Å². The van der Waals surface area contributed by atoms with Gasteiger partial charge in [-0.1, -0.05) is 56.2 Å². The zero-order chi connectivity index (χ0) is 20.4. The molecule has 0 spiro atoms. The van der Waals surface area contributed by atoms with E-state index in [0.717, 1.165) is 11.3 Å². The van der Waals surface area contributed by atoms with Gasteiger partial charge in [0.2, 0.25) is 0 Å². The molecule has 1 fully saturated rings. The summed E-state index contributed by atoms with van der Waals surface area (Å²) in [6.07, 6.45) is 7.58. The fourth-order valence-corrected chi connectivity index (χ4v) is 4.75. The lowest BCUT2D eigenvalue weighted by Gasteiger charge is -2.28. The molecule has 4 rings (SSSR count). The summed E-state index contributed by atoms with van der Waals surface area (Å²) in [6.45, 7) is 2.25. The lowest BCUT2D eigenvalue weighted by molar-refractivity contribution is 0.308. The van der Waals surface area contributed by atoms with Crippen molar-refractivity contribution in [1.82, 2.24) is 0 Å². The van der Waals surface area contributed by atoms with E-state index in [-0.39, 0.29) is 11.4 Å². The second-order valence-electron chi connectivity index (χ2n) is 8.22. The van der Waals surface area contributed by atoms with E-state index in [1.165, 1.54) is 56.2 Å². The quantitative estimate of drug-likeness (QED) is 0.448. The van der Waals surface area contributed by atoms with E-state index in [2.05, 4.69) is 19.1 Å². The number of hydrogen-bond donors (Lipinski definition) is 0. The van der Waals surface area contributed by atoms with Crippen LogP contribution in [0.15, 0.2) is 48.5 Å². The van der Waals surface area contributed by atoms with Crippen LogP contribution in [-0.4, -0.2) is 0 Å². The van der Waals surface area contributed by atoms with E-state index in [4.69, 9.17) is 5.26 Å². The molecule has 1 aliphatic rings. The van der Waals surface area contributed by atoms with Crippen molar-refractivity contribution in [2.45, 2.75) is 51.4 Å². The van der Waals surface area contributed by atoms with Crippen LogP contribution in [0.5, 0.6) is 0 Å².